The predicted molar refractivity (Wildman–Crippen MR) is 176 cm³/mol. The first-order valence-corrected chi connectivity index (χ1v) is 15.2. The summed E-state index contributed by atoms with van der Waals surface area (Å²) in [6, 6.07) is 18.4. The van der Waals surface area contributed by atoms with Gasteiger partial charge in [0.05, 0.1) is 50.4 Å². The summed E-state index contributed by atoms with van der Waals surface area (Å²) in [6.45, 7) is 16.6. The zero-order chi connectivity index (χ0) is 31.1. The van der Waals surface area contributed by atoms with Gasteiger partial charge < -0.3 is 46.7 Å². The van der Waals surface area contributed by atoms with Gasteiger partial charge in [0, 0.05) is 39.3 Å². The standard InChI is InChI=1S/2C11H8O3.2C6H12N2.3H2O/c2*12-10-4-3-7-5-9(11(13)14)2-1-8(7)6-10;2*1-2-8-5-3-7(1)4-6-8;;;/h2*1-6,12H,(H,13,14);2*1-6H2;3*1H2. The zero-order valence-corrected chi connectivity index (χ0v) is 26.3. The number of nitrogens with one attached hydrogen (secondary N) is 2. The van der Waals surface area contributed by atoms with Crippen LogP contribution in [0.4, 0.5) is 0 Å². The van der Waals surface area contributed by atoms with Crippen LogP contribution in [0, 0.1) is 0 Å². The number of quaternary nitrogens is 2. The van der Waals surface area contributed by atoms with Crippen molar-refractivity contribution in [3.05, 3.63) is 83.9 Å². The molecule has 0 atom stereocenters. The first-order chi connectivity index (χ1) is 21.2. The van der Waals surface area contributed by atoms with Crippen LogP contribution in [0.2, 0.25) is 0 Å². The van der Waals surface area contributed by atoms with E-state index in [1.807, 2.05) is 9.80 Å². The average Bonchev–Trinajstić information content (AvgIpc) is 3.07. The van der Waals surface area contributed by atoms with E-state index in [9.17, 15) is 19.8 Å². The maximum Gasteiger partial charge on any atom is 0.335 e. The van der Waals surface area contributed by atoms with E-state index < -0.39 is 11.9 Å². The zero-order valence-electron chi connectivity index (χ0n) is 26.3. The van der Waals surface area contributed by atoms with Gasteiger partial charge in [-0.05, 0) is 45.8 Å². The summed E-state index contributed by atoms with van der Waals surface area (Å²) in [5, 5.41) is 42.5. The maximum atomic E-state index is 11.0. The van der Waals surface area contributed by atoms with E-state index >= 15 is 0 Å². The van der Waals surface area contributed by atoms with E-state index in [1.54, 1.807) is 36.4 Å². The second-order valence-corrected chi connectivity index (χ2v) is 11.7. The number of carboxylic acid groups (broad SMARTS) is 2. The monoisotopic (exact) mass is 654 g/mol. The minimum Gasteiger partial charge on any atom is -0.872 e. The van der Waals surface area contributed by atoms with Crippen molar-refractivity contribution >= 4 is 33.5 Å². The second kappa shape index (κ2) is 18.1. The minimum atomic E-state index is -0.960. The Hall–Kier alpha value is -4.34. The molecule has 10 rings (SSSR count). The molecule has 6 saturated heterocycles. The van der Waals surface area contributed by atoms with Crippen molar-refractivity contribution < 1.29 is 56.2 Å². The van der Waals surface area contributed by atoms with E-state index in [0.717, 1.165) is 21.5 Å². The van der Waals surface area contributed by atoms with Crippen molar-refractivity contribution in [2.24, 2.45) is 0 Å². The number of aromatic carboxylic acids is 2. The quantitative estimate of drug-likeness (QED) is 0.175. The van der Waals surface area contributed by atoms with Crippen molar-refractivity contribution in [1.82, 2.24) is 9.80 Å². The molecule has 6 aliphatic rings. The molecule has 0 amide bonds. The normalized spacial score (nSPS) is 21.4. The van der Waals surface area contributed by atoms with E-state index in [2.05, 4.69) is 9.80 Å². The fourth-order valence-corrected chi connectivity index (χ4v) is 6.03. The van der Waals surface area contributed by atoms with Crippen LogP contribution in [0.15, 0.2) is 72.8 Å². The molecule has 4 aromatic rings. The van der Waals surface area contributed by atoms with Gasteiger partial charge in [-0.1, -0.05) is 48.5 Å². The lowest BCUT2D eigenvalue weighted by Crippen LogP contribution is -3.17. The second-order valence-electron chi connectivity index (χ2n) is 11.7. The van der Waals surface area contributed by atoms with Gasteiger partial charge in [0.15, 0.2) is 0 Å². The van der Waals surface area contributed by atoms with Gasteiger partial charge in [-0.3, -0.25) is 9.80 Å². The van der Waals surface area contributed by atoms with Crippen LogP contribution in [0.3, 0.4) is 0 Å². The largest absolute Gasteiger partial charge is 0.872 e. The topological polar surface area (TPSA) is 231 Å². The third-order valence-corrected chi connectivity index (χ3v) is 8.81. The lowest BCUT2D eigenvalue weighted by atomic mass is 10.1. The summed E-state index contributed by atoms with van der Waals surface area (Å²) < 4.78 is 0. The number of fused-ring (bicyclic) bond motifs is 8. The Morgan fingerprint density at radius 1 is 0.489 bits per heavy atom. The molecule has 10 N–H and O–H groups in total. The molecule has 4 aromatic carbocycles. The van der Waals surface area contributed by atoms with E-state index in [4.69, 9.17) is 10.2 Å². The number of carbonyl (C=O) groups is 2. The Morgan fingerprint density at radius 2 is 0.766 bits per heavy atom. The molecular formula is C34H46N4O9. The molecule has 256 valence electrons. The highest BCUT2D eigenvalue weighted by Gasteiger charge is 2.26. The van der Waals surface area contributed by atoms with Gasteiger partial charge in [0.2, 0.25) is 0 Å². The number of piperazine rings is 6. The molecule has 0 aliphatic carbocycles. The Morgan fingerprint density at radius 3 is 1.00 bits per heavy atom. The highest BCUT2D eigenvalue weighted by molar-refractivity contribution is 5.95. The van der Waals surface area contributed by atoms with Crippen molar-refractivity contribution in [2.45, 2.75) is 0 Å². The fourth-order valence-electron chi connectivity index (χ4n) is 6.03. The van der Waals surface area contributed by atoms with E-state index in [0.29, 0.717) is 0 Å². The smallest absolute Gasteiger partial charge is 0.335 e. The van der Waals surface area contributed by atoms with Gasteiger partial charge in [0.25, 0.3) is 0 Å². The summed E-state index contributed by atoms with van der Waals surface area (Å²) in [6.07, 6.45) is 0. The first kappa shape index (κ1) is 38.8. The van der Waals surface area contributed by atoms with Gasteiger partial charge in [-0.25, -0.2) is 9.59 Å². The summed E-state index contributed by atoms with van der Waals surface area (Å²) in [7, 11) is 0. The molecule has 0 aromatic heterocycles. The van der Waals surface area contributed by atoms with Crippen molar-refractivity contribution in [3.63, 3.8) is 0 Å². The van der Waals surface area contributed by atoms with E-state index in [1.165, 1.54) is 115 Å². The predicted octanol–water partition coefficient (Wildman–Crippen LogP) is -2.85. The van der Waals surface area contributed by atoms with Crippen LogP contribution in [0.25, 0.3) is 21.5 Å². The van der Waals surface area contributed by atoms with E-state index in [-0.39, 0.29) is 39.1 Å². The van der Waals surface area contributed by atoms with Crippen LogP contribution in [0.1, 0.15) is 20.7 Å². The summed E-state index contributed by atoms with van der Waals surface area (Å²) in [5.41, 5.74) is 0.465. The molecule has 4 bridgehead atoms. The molecule has 13 heteroatoms. The number of hydrogen-bond donors (Lipinski definition) is 4. The number of rotatable bonds is 2. The van der Waals surface area contributed by atoms with Crippen molar-refractivity contribution in [1.29, 1.82) is 0 Å². The Bertz CT molecular complexity index is 1440. The minimum absolute atomic E-state index is 0. The van der Waals surface area contributed by atoms with Crippen LogP contribution in [0.5, 0.6) is 11.5 Å². The molecule has 6 aliphatic heterocycles. The molecule has 13 nitrogen and oxygen atoms in total. The van der Waals surface area contributed by atoms with Gasteiger partial charge in [-0.15, -0.1) is 11.5 Å². The average molecular weight is 655 g/mol. The lowest BCUT2D eigenvalue weighted by Gasteiger charge is -2.38. The summed E-state index contributed by atoms with van der Waals surface area (Å²) in [5.74, 6) is -2.06. The van der Waals surface area contributed by atoms with Crippen LogP contribution in [-0.4, -0.2) is 127 Å². The van der Waals surface area contributed by atoms with Crippen molar-refractivity contribution in [2.75, 3.05) is 78.5 Å². The number of carboxylic acids is 2. The lowest BCUT2D eigenvalue weighted by molar-refractivity contribution is -0.914. The molecule has 0 unspecified atom stereocenters. The number of hydrogen-bond acceptors (Lipinski definition) is 6. The van der Waals surface area contributed by atoms with Crippen LogP contribution < -0.4 is 20.0 Å². The molecule has 6 heterocycles. The third kappa shape index (κ3) is 10.9. The molecule has 47 heavy (non-hydrogen) atoms. The Kier molecular flexibility index (Phi) is 15.0. The fraction of sp³-hybridized carbons (Fsp3) is 0.353. The summed E-state index contributed by atoms with van der Waals surface area (Å²) >= 11 is 0. The highest BCUT2D eigenvalue weighted by atomic mass is 16.4. The Labute approximate surface area is 273 Å². The molecule has 0 radical (unpaired) electrons. The molecule has 6 fully saturated rings. The SMILES string of the molecule is C1C[NH+]2CCN1CC2.C1C[NH+]2CCN1CC2.O.O.O.O=C(O)c1ccc2cc([O-])ccc2c1.O=C(O)c1ccc2cc([O-])ccc2c1. The summed E-state index contributed by atoms with van der Waals surface area (Å²) in [4.78, 5) is 30.1. The third-order valence-electron chi connectivity index (χ3n) is 8.81. The number of benzene rings is 4. The molecule has 0 saturated carbocycles. The van der Waals surface area contributed by atoms with Gasteiger partial charge in [-0.2, -0.15) is 0 Å². The van der Waals surface area contributed by atoms with Crippen molar-refractivity contribution in [3.8, 4) is 11.5 Å². The van der Waals surface area contributed by atoms with Gasteiger partial charge >= 0.3 is 11.9 Å². The maximum absolute atomic E-state index is 11.0. The van der Waals surface area contributed by atoms with Crippen LogP contribution >= 0.6 is 0 Å². The van der Waals surface area contributed by atoms with Crippen LogP contribution in [-0.2, 0) is 0 Å². The number of nitrogens with zero attached hydrogens (tertiary/aromatic N) is 2. The van der Waals surface area contributed by atoms with Gasteiger partial charge in [0.1, 0.15) is 0 Å². The molecule has 0 spiro atoms. The highest BCUT2D eigenvalue weighted by Crippen LogP contribution is 2.20. The Balaban J connectivity index is 0.000000219. The first-order valence-electron chi connectivity index (χ1n) is 15.2. The molecular weight excluding hydrogens is 608 g/mol.